The van der Waals surface area contributed by atoms with Crippen molar-refractivity contribution in [3.05, 3.63) is 90.1 Å². The van der Waals surface area contributed by atoms with Crippen molar-refractivity contribution in [2.45, 2.75) is 37.9 Å². The Morgan fingerprint density at radius 1 is 0.967 bits per heavy atom. The molecule has 7 heteroatoms. The van der Waals surface area contributed by atoms with Gasteiger partial charge >= 0.3 is 6.18 Å². The molecule has 0 N–H and O–H groups in total. The summed E-state index contributed by atoms with van der Waals surface area (Å²) in [6.07, 6.45) is 3.74. The van der Waals surface area contributed by atoms with Gasteiger partial charge in [0.25, 0.3) is 0 Å². The van der Waals surface area contributed by atoms with Crippen molar-refractivity contribution in [3.8, 4) is 0 Å². The Morgan fingerprint density at radius 2 is 1.87 bits per heavy atom. The molecule has 1 unspecified atom stereocenters. The highest BCUT2D eigenvalue weighted by atomic mass is 19.4. The minimum atomic E-state index is -4.31. The number of hydrogen-bond donors (Lipinski definition) is 0. The number of aryl methyl sites for hydroxylation is 1. The second-order valence-electron chi connectivity index (χ2n) is 7.29. The molecule has 0 aliphatic rings. The molecule has 0 amide bonds. The number of pyridine rings is 1. The Balaban J connectivity index is 1.45. The quantitative estimate of drug-likeness (QED) is 0.359. The van der Waals surface area contributed by atoms with Crippen molar-refractivity contribution in [2.75, 3.05) is 0 Å². The van der Waals surface area contributed by atoms with Crippen LogP contribution in [0.2, 0.25) is 0 Å². The van der Waals surface area contributed by atoms with E-state index in [2.05, 4.69) is 27.2 Å². The third-order valence-electron chi connectivity index (χ3n) is 5.22. The van der Waals surface area contributed by atoms with E-state index in [0.29, 0.717) is 12.0 Å². The van der Waals surface area contributed by atoms with E-state index in [9.17, 15) is 13.2 Å². The first-order valence-corrected chi connectivity index (χ1v) is 9.85. The third-order valence-corrected chi connectivity index (χ3v) is 5.22. The summed E-state index contributed by atoms with van der Waals surface area (Å²) in [5, 5.41) is 5.37. The molecule has 0 bridgehead atoms. The van der Waals surface area contributed by atoms with Gasteiger partial charge in [-0.2, -0.15) is 18.3 Å². The van der Waals surface area contributed by atoms with Gasteiger partial charge in [-0.3, -0.25) is 4.98 Å². The van der Waals surface area contributed by atoms with Crippen LogP contribution in [0.4, 0.5) is 13.2 Å². The molecule has 0 radical (unpaired) electrons. The first kappa shape index (κ1) is 20.1. The topological polar surface area (TPSA) is 43.6 Å². The number of rotatable bonds is 7. The largest absolute Gasteiger partial charge is 0.416 e. The molecule has 2 aromatic heterocycles. The zero-order valence-electron chi connectivity index (χ0n) is 16.3. The summed E-state index contributed by atoms with van der Waals surface area (Å²) in [4.78, 5) is 8.44. The fraction of sp³-hybridized carbons (Fsp3) is 0.261. The van der Waals surface area contributed by atoms with Crippen molar-refractivity contribution >= 4 is 10.9 Å². The summed E-state index contributed by atoms with van der Waals surface area (Å²) in [7, 11) is 0. The van der Waals surface area contributed by atoms with E-state index >= 15 is 0 Å². The SMILES string of the molecule is FC(F)(F)c1cccc(CCCCC(c2ccc3ncccc3c2)n2cncn2)c1. The highest BCUT2D eigenvalue weighted by Crippen LogP contribution is 2.30. The Bertz CT molecular complexity index is 1110. The average molecular weight is 410 g/mol. The lowest BCUT2D eigenvalue weighted by atomic mass is 9.97. The zero-order valence-corrected chi connectivity index (χ0v) is 16.3. The van der Waals surface area contributed by atoms with E-state index in [4.69, 9.17) is 0 Å². The lowest BCUT2D eigenvalue weighted by Gasteiger charge is -2.18. The lowest BCUT2D eigenvalue weighted by Crippen LogP contribution is -2.11. The van der Waals surface area contributed by atoms with Crippen LogP contribution in [0.25, 0.3) is 10.9 Å². The first-order chi connectivity index (χ1) is 14.5. The molecule has 1 atom stereocenters. The van der Waals surface area contributed by atoms with Crippen molar-refractivity contribution in [3.63, 3.8) is 0 Å². The maximum absolute atomic E-state index is 12.9. The van der Waals surface area contributed by atoms with Crippen LogP contribution in [0.15, 0.2) is 73.4 Å². The van der Waals surface area contributed by atoms with Gasteiger partial charge in [0.05, 0.1) is 17.1 Å². The van der Waals surface area contributed by atoms with E-state index in [0.717, 1.165) is 41.8 Å². The van der Waals surface area contributed by atoms with Crippen molar-refractivity contribution < 1.29 is 13.2 Å². The predicted molar refractivity (Wildman–Crippen MR) is 109 cm³/mol. The molecule has 0 fully saturated rings. The van der Waals surface area contributed by atoms with Crippen LogP contribution in [0, 0.1) is 0 Å². The van der Waals surface area contributed by atoms with Crippen LogP contribution in [0.3, 0.4) is 0 Å². The van der Waals surface area contributed by atoms with Gasteiger partial charge in [0.15, 0.2) is 0 Å². The molecule has 0 aliphatic carbocycles. The van der Waals surface area contributed by atoms with E-state index < -0.39 is 11.7 Å². The van der Waals surface area contributed by atoms with E-state index in [1.165, 1.54) is 18.5 Å². The second kappa shape index (κ2) is 8.65. The lowest BCUT2D eigenvalue weighted by molar-refractivity contribution is -0.137. The van der Waals surface area contributed by atoms with Gasteiger partial charge in [0.2, 0.25) is 0 Å². The maximum Gasteiger partial charge on any atom is 0.416 e. The normalized spacial score (nSPS) is 12.9. The maximum atomic E-state index is 12.9. The van der Waals surface area contributed by atoms with Gasteiger partial charge in [0.1, 0.15) is 12.7 Å². The van der Waals surface area contributed by atoms with E-state index in [1.54, 1.807) is 18.6 Å². The summed E-state index contributed by atoms with van der Waals surface area (Å²) in [6.45, 7) is 0. The Hall–Kier alpha value is -3.22. The summed E-state index contributed by atoms with van der Waals surface area (Å²) in [5.74, 6) is 0. The van der Waals surface area contributed by atoms with Gasteiger partial charge < -0.3 is 0 Å². The minimum Gasteiger partial charge on any atom is -0.256 e. The van der Waals surface area contributed by atoms with Crippen LogP contribution in [-0.4, -0.2) is 19.7 Å². The van der Waals surface area contributed by atoms with Crippen LogP contribution in [0.1, 0.15) is 42.0 Å². The molecule has 4 nitrogen and oxygen atoms in total. The zero-order chi connectivity index (χ0) is 21.0. The highest BCUT2D eigenvalue weighted by Gasteiger charge is 2.30. The van der Waals surface area contributed by atoms with Gasteiger partial charge in [-0.1, -0.05) is 36.8 Å². The minimum absolute atomic E-state index is 0.0126. The van der Waals surface area contributed by atoms with E-state index in [-0.39, 0.29) is 6.04 Å². The van der Waals surface area contributed by atoms with Crippen LogP contribution in [0.5, 0.6) is 0 Å². The summed E-state index contributed by atoms with van der Waals surface area (Å²) < 4.78 is 40.5. The molecule has 154 valence electrons. The van der Waals surface area contributed by atoms with Gasteiger partial charge in [0, 0.05) is 11.6 Å². The monoisotopic (exact) mass is 410 g/mol. The van der Waals surface area contributed by atoms with Gasteiger partial charge in [-0.15, -0.1) is 0 Å². The fourth-order valence-corrected chi connectivity index (χ4v) is 3.70. The molecule has 4 rings (SSSR count). The summed E-state index contributed by atoms with van der Waals surface area (Å²) in [6, 6.07) is 15.7. The number of fused-ring (bicyclic) bond motifs is 1. The van der Waals surface area contributed by atoms with Crippen molar-refractivity contribution in [2.24, 2.45) is 0 Å². The molecule has 2 heterocycles. The summed E-state index contributed by atoms with van der Waals surface area (Å²) in [5.41, 5.74) is 2.16. The number of benzene rings is 2. The third kappa shape index (κ3) is 4.67. The first-order valence-electron chi connectivity index (χ1n) is 9.85. The summed E-state index contributed by atoms with van der Waals surface area (Å²) >= 11 is 0. The number of unbranched alkanes of at least 4 members (excludes halogenated alkanes) is 1. The fourth-order valence-electron chi connectivity index (χ4n) is 3.70. The molecule has 30 heavy (non-hydrogen) atoms. The molecular weight excluding hydrogens is 389 g/mol. The van der Waals surface area contributed by atoms with E-state index in [1.807, 2.05) is 22.9 Å². The number of hydrogen-bond acceptors (Lipinski definition) is 3. The van der Waals surface area contributed by atoms with Crippen LogP contribution >= 0.6 is 0 Å². The standard InChI is InChI=1S/C23H21F3N4/c24-23(25,26)20-8-3-6-17(13-20)5-1-2-9-22(30-16-27-15-29-30)19-10-11-21-18(14-19)7-4-12-28-21/h3-4,6-8,10-16,22H,1-2,5,9H2. The van der Waals surface area contributed by atoms with Crippen molar-refractivity contribution in [1.82, 2.24) is 19.7 Å². The smallest absolute Gasteiger partial charge is 0.256 e. The molecule has 0 spiro atoms. The molecular formula is C23H21F3N4. The molecule has 2 aromatic carbocycles. The number of alkyl halides is 3. The Morgan fingerprint density at radius 3 is 2.67 bits per heavy atom. The average Bonchev–Trinajstić information content (AvgIpc) is 3.27. The van der Waals surface area contributed by atoms with Gasteiger partial charge in [-0.25, -0.2) is 9.67 Å². The Labute approximate surface area is 172 Å². The molecule has 4 aromatic rings. The predicted octanol–water partition coefficient (Wildman–Crippen LogP) is 5.85. The van der Waals surface area contributed by atoms with Crippen molar-refractivity contribution in [1.29, 1.82) is 0 Å². The number of halogens is 3. The molecule has 0 aliphatic heterocycles. The number of nitrogens with zero attached hydrogens (tertiary/aromatic N) is 4. The van der Waals surface area contributed by atoms with Crippen LogP contribution in [-0.2, 0) is 12.6 Å². The highest BCUT2D eigenvalue weighted by molar-refractivity contribution is 5.79. The molecule has 0 saturated heterocycles. The Kier molecular flexibility index (Phi) is 5.79. The number of aromatic nitrogens is 4. The van der Waals surface area contributed by atoms with Gasteiger partial charge in [-0.05, 0) is 54.7 Å². The van der Waals surface area contributed by atoms with Crippen LogP contribution < -0.4 is 0 Å². The second-order valence-corrected chi connectivity index (χ2v) is 7.29. The molecule has 0 saturated carbocycles.